The first-order chi connectivity index (χ1) is 9.13. The second-order valence-electron chi connectivity index (χ2n) is 4.86. The Labute approximate surface area is 115 Å². The standard InChI is InChI=1S/C13H14N2O3S/c1-8-4-10(18-14-8)6-15-12(17)7-19-13(15)5-11(16)9-2-3-9/h4-5,9H,2-3,6-7H2,1H3. The maximum atomic E-state index is 11.9. The van der Waals surface area contributed by atoms with Gasteiger partial charge >= 0.3 is 0 Å². The molecule has 1 aromatic rings. The number of thioether (sulfide) groups is 1. The number of allylic oxidation sites excluding steroid dienone is 1. The second-order valence-corrected chi connectivity index (χ2v) is 5.86. The Balaban J connectivity index is 1.76. The highest BCUT2D eigenvalue weighted by Crippen LogP contribution is 2.34. The molecule has 5 nitrogen and oxygen atoms in total. The summed E-state index contributed by atoms with van der Waals surface area (Å²) in [5.41, 5.74) is 0.786. The molecule has 6 heteroatoms. The molecule has 1 saturated carbocycles. The Bertz CT molecular complexity index is 560. The Morgan fingerprint density at radius 3 is 3.05 bits per heavy atom. The Hall–Kier alpha value is -1.56. The van der Waals surface area contributed by atoms with Gasteiger partial charge in [-0.2, -0.15) is 0 Å². The van der Waals surface area contributed by atoms with E-state index in [0.717, 1.165) is 23.6 Å². The summed E-state index contributed by atoms with van der Waals surface area (Å²) in [7, 11) is 0. The Morgan fingerprint density at radius 2 is 2.42 bits per heavy atom. The van der Waals surface area contributed by atoms with Crippen LogP contribution in [0.25, 0.3) is 0 Å². The fraction of sp³-hybridized carbons (Fsp3) is 0.462. The van der Waals surface area contributed by atoms with Crippen molar-refractivity contribution in [2.75, 3.05) is 5.75 Å². The molecule has 2 fully saturated rings. The van der Waals surface area contributed by atoms with Crippen LogP contribution in [0.3, 0.4) is 0 Å². The van der Waals surface area contributed by atoms with Gasteiger partial charge in [-0.25, -0.2) is 0 Å². The third-order valence-corrected chi connectivity index (χ3v) is 4.17. The lowest BCUT2D eigenvalue weighted by atomic mass is 10.2. The van der Waals surface area contributed by atoms with E-state index in [1.54, 1.807) is 17.0 Å². The minimum Gasteiger partial charge on any atom is -0.359 e. The number of aryl methyl sites for hydroxylation is 1. The molecule has 0 N–H and O–H groups in total. The number of amides is 1. The van der Waals surface area contributed by atoms with E-state index < -0.39 is 0 Å². The minimum atomic E-state index is 0.00824. The molecule has 1 aromatic heterocycles. The van der Waals surface area contributed by atoms with Crippen molar-refractivity contribution in [3.8, 4) is 0 Å². The lowest BCUT2D eigenvalue weighted by Crippen LogP contribution is -2.24. The van der Waals surface area contributed by atoms with Gasteiger partial charge in [0.05, 0.1) is 23.0 Å². The zero-order valence-electron chi connectivity index (χ0n) is 10.6. The average molecular weight is 278 g/mol. The molecule has 2 aliphatic rings. The first-order valence-electron chi connectivity index (χ1n) is 6.24. The van der Waals surface area contributed by atoms with Crippen LogP contribution >= 0.6 is 11.8 Å². The molecule has 0 bridgehead atoms. The Kier molecular flexibility index (Phi) is 3.18. The van der Waals surface area contributed by atoms with Crippen molar-refractivity contribution < 1.29 is 14.1 Å². The molecule has 19 heavy (non-hydrogen) atoms. The van der Waals surface area contributed by atoms with Crippen molar-refractivity contribution in [3.63, 3.8) is 0 Å². The van der Waals surface area contributed by atoms with Crippen LogP contribution in [0.2, 0.25) is 0 Å². The highest BCUT2D eigenvalue weighted by atomic mass is 32.2. The van der Waals surface area contributed by atoms with Crippen molar-refractivity contribution >= 4 is 23.5 Å². The zero-order valence-corrected chi connectivity index (χ0v) is 11.4. The number of carbonyl (C=O) groups excluding carboxylic acids is 2. The van der Waals surface area contributed by atoms with Crippen LogP contribution in [0.5, 0.6) is 0 Å². The molecule has 1 amide bonds. The van der Waals surface area contributed by atoms with E-state index in [-0.39, 0.29) is 17.6 Å². The van der Waals surface area contributed by atoms with Gasteiger partial charge in [0.15, 0.2) is 11.5 Å². The highest BCUT2D eigenvalue weighted by molar-refractivity contribution is 8.04. The molecule has 2 heterocycles. The maximum Gasteiger partial charge on any atom is 0.238 e. The van der Waals surface area contributed by atoms with E-state index in [4.69, 9.17) is 4.52 Å². The van der Waals surface area contributed by atoms with E-state index in [0.29, 0.717) is 18.1 Å². The van der Waals surface area contributed by atoms with Crippen LogP contribution in [-0.2, 0) is 16.1 Å². The number of hydrogen-bond acceptors (Lipinski definition) is 5. The number of aromatic nitrogens is 1. The van der Waals surface area contributed by atoms with Gasteiger partial charge in [0.25, 0.3) is 0 Å². The van der Waals surface area contributed by atoms with E-state index in [9.17, 15) is 9.59 Å². The van der Waals surface area contributed by atoms with Crippen molar-refractivity contribution in [2.45, 2.75) is 26.3 Å². The molecule has 0 atom stereocenters. The summed E-state index contributed by atoms with van der Waals surface area (Å²) in [6.45, 7) is 2.18. The molecule has 0 radical (unpaired) electrons. The number of rotatable bonds is 4. The lowest BCUT2D eigenvalue weighted by Gasteiger charge is -2.14. The van der Waals surface area contributed by atoms with Crippen molar-refractivity contribution in [1.29, 1.82) is 0 Å². The van der Waals surface area contributed by atoms with Crippen LogP contribution in [0.15, 0.2) is 21.7 Å². The molecule has 1 saturated heterocycles. The second kappa shape index (κ2) is 4.85. The number of ketones is 1. The van der Waals surface area contributed by atoms with Gasteiger partial charge in [-0.1, -0.05) is 16.9 Å². The fourth-order valence-corrected chi connectivity index (χ4v) is 2.90. The summed E-state index contributed by atoms with van der Waals surface area (Å²) in [6, 6.07) is 1.80. The molecular weight excluding hydrogens is 264 g/mol. The predicted molar refractivity (Wildman–Crippen MR) is 70.1 cm³/mol. The summed E-state index contributed by atoms with van der Waals surface area (Å²) in [5.74, 6) is 1.35. The minimum absolute atomic E-state index is 0.00824. The van der Waals surface area contributed by atoms with E-state index >= 15 is 0 Å². The smallest absolute Gasteiger partial charge is 0.238 e. The predicted octanol–water partition coefficient (Wildman–Crippen LogP) is 1.88. The first kappa shape index (κ1) is 12.5. The van der Waals surface area contributed by atoms with Gasteiger partial charge in [-0.15, -0.1) is 0 Å². The van der Waals surface area contributed by atoms with Crippen LogP contribution in [0.1, 0.15) is 24.3 Å². The molecule has 100 valence electrons. The first-order valence-corrected chi connectivity index (χ1v) is 7.23. The monoisotopic (exact) mass is 278 g/mol. The summed E-state index contributed by atoms with van der Waals surface area (Å²) in [6.07, 6.45) is 3.56. The van der Waals surface area contributed by atoms with Gasteiger partial charge in [-0.3, -0.25) is 14.5 Å². The third-order valence-electron chi connectivity index (χ3n) is 3.15. The maximum absolute atomic E-state index is 11.9. The van der Waals surface area contributed by atoms with Crippen LogP contribution in [-0.4, -0.2) is 27.5 Å². The van der Waals surface area contributed by atoms with Gasteiger partial charge < -0.3 is 4.52 Å². The SMILES string of the molecule is Cc1cc(CN2C(=O)CSC2=CC(=O)C2CC2)on1. The van der Waals surface area contributed by atoms with E-state index in [2.05, 4.69) is 5.16 Å². The normalized spacial score (nSPS) is 21.4. The Morgan fingerprint density at radius 1 is 1.63 bits per heavy atom. The van der Waals surface area contributed by atoms with Crippen LogP contribution in [0.4, 0.5) is 0 Å². The number of carbonyl (C=O) groups is 2. The van der Waals surface area contributed by atoms with Gasteiger partial charge in [0.2, 0.25) is 5.91 Å². The molecule has 1 aliphatic carbocycles. The molecule has 0 aromatic carbocycles. The van der Waals surface area contributed by atoms with Gasteiger partial charge in [0.1, 0.15) is 0 Å². The third kappa shape index (κ3) is 2.73. The number of hydrogen-bond donors (Lipinski definition) is 0. The summed E-state index contributed by atoms with van der Waals surface area (Å²) >= 11 is 1.41. The van der Waals surface area contributed by atoms with Crippen molar-refractivity contribution in [2.24, 2.45) is 5.92 Å². The molecule has 0 unspecified atom stereocenters. The topological polar surface area (TPSA) is 63.4 Å². The van der Waals surface area contributed by atoms with Crippen LogP contribution < -0.4 is 0 Å². The van der Waals surface area contributed by atoms with E-state index in [1.807, 2.05) is 6.92 Å². The molecule has 1 aliphatic heterocycles. The average Bonchev–Trinajstić information content (AvgIpc) is 3.08. The zero-order chi connectivity index (χ0) is 13.4. The molecule has 0 spiro atoms. The quantitative estimate of drug-likeness (QED) is 0.787. The summed E-state index contributed by atoms with van der Waals surface area (Å²) in [5, 5.41) is 4.53. The lowest BCUT2D eigenvalue weighted by molar-refractivity contribution is -0.126. The number of nitrogens with zero attached hydrogens (tertiary/aromatic N) is 2. The molecular formula is C13H14N2O3S. The fourth-order valence-electron chi connectivity index (χ4n) is 1.95. The largest absolute Gasteiger partial charge is 0.359 e. The van der Waals surface area contributed by atoms with Crippen LogP contribution in [0, 0.1) is 12.8 Å². The highest BCUT2D eigenvalue weighted by Gasteiger charge is 2.32. The van der Waals surface area contributed by atoms with Gasteiger partial charge in [0, 0.05) is 18.1 Å². The molecule has 3 rings (SSSR count). The van der Waals surface area contributed by atoms with Crippen molar-refractivity contribution in [3.05, 3.63) is 28.6 Å². The summed E-state index contributed by atoms with van der Waals surface area (Å²) < 4.78 is 5.12. The van der Waals surface area contributed by atoms with Gasteiger partial charge in [-0.05, 0) is 19.8 Å². The van der Waals surface area contributed by atoms with Crippen molar-refractivity contribution in [1.82, 2.24) is 10.1 Å². The summed E-state index contributed by atoms with van der Waals surface area (Å²) in [4.78, 5) is 25.3. The van der Waals surface area contributed by atoms with E-state index in [1.165, 1.54) is 11.8 Å².